The molecule has 2 rings (SSSR count). The second kappa shape index (κ2) is 5.46. The van der Waals surface area contributed by atoms with Crippen LogP contribution in [0, 0.1) is 6.92 Å². The molecule has 106 valence electrons. The molecule has 0 unspecified atom stereocenters. The fourth-order valence-electron chi connectivity index (χ4n) is 1.94. The van der Waals surface area contributed by atoms with Gasteiger partial charge in [-0.3, -0.25) is 4.79 Å². The number of rotatable bonds is 4. The SMILES string of the molecule is CCc1nc2sc(C(=O)NCC(=O)[O-])c(N)c2cc1C. The predicted octanol–water partition coefficient (Wildman–Crippen LogP) is 0.229. The Morgan fingerprint density at radius 2 is 2.20 bits per heavy atom. The van der Waals surface area contributed by atoms with Gasteiger partial charge in [0, 0.05) is 11.1 Å². The fourth-order valence-corrected chi connectivity index (χ4v) is 2.95. The highest BCUT2D eigenvalue weighted by Crippen LogP contribution is 2.33. The number of fused-ring (bicyclic) bond motifs is 1. The van der Waals surface area contributed by atoms with Gasteiger partial charge < -0.3 is 21.0 Å². The molecule has 1 amide bonds. The first-order chi connectivity index (χ1) is 9.43. The molecule has 0 saturated carbocycles. The summed E-state index contributed by atoms with van der Waals surface area (Å²) in [5, 5.41) is 13.3. The average molecular weight is 292 g/mol. The lowest BCUT2D eigenvalue weighted by Gasteiger charge is -2.04. The van der Waals surface area contributed by atoms with Gasteiger partial charge in [0.25, 0.3) is 5.91 Å². The topological polar surface area (TPSA) is 108 Å². The molecule has 3 N–H and O–H groups in total. The zero-order valence-electron chi connectivity index (χ0n) is 11.1. The van der Waals surface area contributed by atoms with E-state index in [1.807, 2.05) is 19.9 Å². The number of carbonyl (C=O) groups excluding carboxylic acids is 2. The highest BCUT2D eigenvalue weighted by molar-refractivity contribution is 7.21. The number of aromatic nitrogens is 1. The van der Waals surface area contributed by atoms with Crippen LogP contribution in [0.25, 0.3) is 10.2 Å². The number of hydrogen-bond donors (Lipinski definition) is 2. The minimum atomic E-state index is -1.35. The number of pyridine rings is 1. The largest absolute Gasteiger partial charge is 0.548 e. The van der Waals surface area contributed by atoms with Gasteiger partial charge in [-0.05, 0) is 25.0 Å². The van der Waals surface area contributed by atoms with Crippen LogP contribution in [0.1, 0.15) is 27.9 Å². The van der Waals surface area contributed by atoms with Crippen LogP contribution in [0.15, 0.2) is 6.07 Å². The Kier molecular flexibility index (Phi) is 3.89. The molecule has 20 heavy (non-hydrogen) atoms. The summed E-state index contributed by atoms with van der Waals surface area (Å²) in [6.45, 7) is 3.41. The van der Waals surface area contributed by atoms with Crippen LogP contribution in [-0.4, -0.2) is 23.4 Å². The van der Waals surface area contributed by atoms with Crippen molar-refractivity contribution in [3.05, 3.63) is 22.2 Å². The maximum atomic E-state index is 11.9. The van der Waals surface area contributed by atoms with Gasteiger partial charge in [0.1, 0.15) is 9.71 Å². The zero-order valence-corrected chi connectivity index (χ0v) is 12.0. The summed E-state index contributed by atoms with van der Waals surface area (Å²) in [6, 6.07) is 1.91. The van der Waals surface area contributed by atoms with E-state index in [2.05, 4.69) is 10.3 Å². The molecule has 2 aromatic rings. The predicted molar refractivity (Wildman–Crippen MR) is 75.5 cm³/mol. The van der Waals surface area contributed by atoms with Crippen molar-refractivity contribution in [2.75, 3.05) is 12.3 Å². The Hall–Kier alpha value is -2.15. The number of aryl methyl sites for hydroxylation is 2. The van der Waals surface area contributed by atoms with E-state index >= 15 is 0 Å². The molecular weight excluding hydrogens is 278 g/mol. The minimum Gasteiger partial charge on any atom is -0.548 e. The van der Waals surface area contributed by atoms with Crippen molar-refractivity contribution >= 4 is 39.1 Å². The Morgan fingerprint density at radius 1 is 1.50 bits per heavy atom. The Labute approximate surface area is 119 Å². The molecule has 0 bridgehead atoms. The zero-order chi connectivity index (χ0) is 14.9. The van der Waals surface area contributed by atoms with Crippen LogP contribution in [0.5, 0.6) is 0 Å². The highest BCUT2D eigenvalue weighted by atomic mass is 32.1. The Bertz CT molecular complexity index is 694. The summed E-state index contributed by atoms with van der Waals surface area (Å²) in [7, 11) is 0. The van der Waals surface area contributed by atoms with Gasteiger partial charge in [-0.25, -0.2) is 4.98 Å². The fraction of sp³-hybridized carbons (Fsp3) is 0.308. The van der Waals surface area contributed by atoms with Crippen LogP contribution >= 0.6 is 11.3 Å². The van der Waals surface area contributed by atoms with Crippen LogP contribution in [0.2, 0.25) is 0 Å². The third-order valence-corrected chi connectivity index (χ3v) is 4.06. The van der Waals surface area contributed by atoms with E-state index in [1.54, 1.807) is 0 Å². The van der Waals surface area contributed by atoms with Crippen molar-refractivity contribution in [1.29, 1.82) is 0 Å². The standard InChI is InChI=1S/C13H15N3O3S/c1-3-8-6(2)4-7-10(14)11(20-13(7)16-8)12(19)15-5-9(17)18/h4H,3,5,14H2,1-2H3,(H,15,19)(H,17,18)/p-1. The molecule has 7 heteroatoms. The van der Waals surface area contributed by atoms with E-state index in [9.17, 15) is 14.7 Å². The second-order valence-electron chi connectivity index (χ2n) is 4.36. The van der Waals surface area contributed by atoms with E-state index < -0.39 is 18.4 Å². The molecule has 0 radical (unpaired) electrons. The summed E-state index contributed by atoms with van der Waals surface area (Å²) in [5.41, 5.74) is 8.26. The number of carboxylic acid groups (broad SMARTS) is 1. The van der Waals surface area contributed by atoms with Gasteiger partial charge >= 0.3 is 0 Å². The molecular formula is C13H14N3O3S-. The van der Waals surface area contributed by atoms with E-state index in [-0.39, 0.29) is 4.88 Å². The van der Waals surface area contributed by atoms with Crippen LogP contribution in [-0.2, 0) is 11.2 Å². The molecule has 2 heterocycles. The van der Waals surface area contributed by atoms with Crippen molar-refractivity contribution in [3.63, 3.8) is 0 Å². The highest BCUT2D eigenvalue weighted by Gasteiger charge is 2.18. The number of hydrogen-bond acceptors (Lipinski definition) is 6. The number of nitrogens with two attached hydrogens (primary N) is 1. The molecule has 0 aliphatic carbocycles. The number of anilines is 1. The molecule has 0 aliphatic heterocycles. The van der Waals surface area contributed by atoms with Gasteiger partial charge in [-0.15, -0.1) is 11.3 Å². The lowest BCUT2D eigenvalue weighted by Crippen LogP contribution is -2.37. The third-order valence-electron chi connectivity index (χ3n) is 2.95. The lowest BCUT2D eigenvalue weighted by atomic mass is 10.1. The van der Waals surface area contributed by atoms with Crippen molar-refractivity contribution in [3.8, 4) is 0 Å². The number of nitrogen functional groups attached to an aromatic ring is 1. The van der Waals surface area contributed by atoms with Crippen molar-refractivity contribution in [2.45, 2.75) is 20.3 Å². The number of thiophene rings is 1. The quantitative estimate of drug-likeness (QED) is 0.838. The molecule has 0 aromatic carbocycles. The normalized spacial score (nSPS) is 10.7. The maximum Gasteiger partial charge on any atom is 0.263 e. The summed E-state index contributed by atoms with van der Waals surface area (Å²) in [6.07, 6.45) is 0.797. The third kappa shape index (κ3) is 2.57. The van der Waals surface area contributed by atoms with Crippen LogP contribution < -0.4 is 16.2 Å². The molecule has 0 saturated heterocycles. The van der Waals surface area contributed by atoms with Gasteiger partial charge in [0.15, 0.2) is 0 Å². The summed E-state index contributed by atoms with van der Waals surface area (Å²) < 4.78 is 0. The van der Waals surface area contributed by atoms with Crippen LogP contribution in [0.3, 0.4) is 0 Å². The molecule has 0 fully saturated rings. The van der Waals surface area contributed by atoms with E-state index in [4.69, 9.17) is 5.73 Å². The molecule has 0 spiro atoms. The second-order valence-corrected chi connectivity index (χ2v) is 5.36. The molecule has 2 aromatic heterocycles. The molecule has 6 nitrogen and oxygen atoms in total. The number of amides is 1. The van der Waals surface area contributed by atoms with Crippen molar-refractivity contribution in [1.82, 2.24) is 10.3 Å². The Balaban J connectivity index is 2.43. The van der Waals surface area contributed by atoms with Crippen LogP contribution in [0.4, 0.5) is 5.69 Å². The first-order valence-corrected chi connectivity index (χ1v) is 6.92. The number of nitrogens with one attached hydrogen (secondary N) is 1. The number of nitrogens with zero attached hydrogens (tertiary/aromatic N) is 1. The average Bonchev–Trinajstić information content (AvgIpc) is 2.72. The monoisotopic (exact) mass is 292 g/mol. The van der Waals surface area contributed by atoms with Gasteiger partial charge in [-0.1, -0.05) is 6.92 Å². The first-order valence-electron chi connectivity index (χ1n) is 6.10. The van der Waals surface area contributed by atoms with E-state index in [0.29, 0.717) is 10.5 Å². The molecule has 0 aliphatic rings. The Morgan fingerprint density at radius 3 is 2.80 bits per heavy atom. The van der Waals surface area contributed by atoms with Gasteiger partial charge in [0.2, 0.25) is 0 Å². The first kappa shape index (κ1) is 14.3. The number of carboxylic acids is 1. The molecule has 0 atom stereocenters. The van der Waals surface area contributed by atoms with Crippen molar-refractivity contribution < 1.29 is 14.7 Å². The lowest BCUT2D eigenvalue weighted by molar-refractivity contribution is -0.303. The minimum absolute atomic E-state index is 0.279. The van der Waals surface area contributed by atoms with E-state index in [1.165, 1.54) is 0 Å². The van der Waals surface area contributed by atoms with E-state index in [0.717, 1.165) is 34.4 Å². The number of carbonyl (C=O) groups is 2. The number of aliphatic carboxylic acids is 1. The smallest absolute Gasteiger partial charge is 0.263 e. The van der Waals surface area contributed by atoms with Gasteiger partial charge in [-0.2, -0.15) is 0 Å². The summed E-state index contributed by atoms with van der Waals surface area (Å²) in [5.74, 6) is -1.87. The van der Waals surface area contributed by atoms with Gasteiger partial charge in [0.05, 0.1) is 18.2 Å². The van der Waals surface area contributed by atoms with Crippen molar-refractivity contribution in [2.24, 2.45) is 0 Å². The summed E-state index contributed by atoms with van der Waals surface area (Å²) in [4.78, 5) is 27.7. The maximum absolute atomic E-state index is 11.9. The summed E-state index contributed by atoms with van der Waals surface area (Å²) >= 11 is 1.16.